The Kier molecular flexibility index (Phi) is 1.01. The fraction of sp³-hybridized carbons (Fsp3) is 0.222. The van der Waals surface area contributed by atoms with Gasteiger partial charge in [-0.05, 0) is 6.07 Å². The van der Waals surface area contributed by atoms with Gasteiger partial charge in [0.2, 0.25) is 5.88 Å². The monoisotopic (exact) mass is 160 g/mol. The lowest BCUT2D eigenvalue weighted by Gasteiger charge is -1.96. The molecule has 60 valence electrons. The molecule has 1 N–H and O–H groups in total. The molecule has 3 heterocycles. The molecular weight excluding hydrogens is 152 g/mol. The molecule has 3 nitrogen and oxygen atoms in total. The number of aromatic nitrogens is 2. The lowest BCUT2D eigenvalue weighted by Crippen LogP contribution is -1.87. The molecule has 2 aromatic rings. The van der Waals surface area contributed by atoms with Crippen LogP contribution in [0.2, 0.25) is 0 Å². The quantitative estimate of drug-likeness (QED) is 0.634. The lowest BCUT2D eigenvalue weighted by atomic mass is 10.1. The van der Waals surface area contributed by atoms with Gasteiger partial charge in [0, 0.05) is 23.6 Å². The number of nitrogens with one attached hydrogen (secondary N) is 1. The number of rotatable bonds is 0. The highest BCUT2D eigenvalue weighted by Crippen LogP contribution is 2.29. The first-order chi connectivity index (χ1) is 5.95. The molecule has 3 heteroatoms. The highest BCUT2D eigenvalue weighted by atomic mass is 16.5. The van der Waals surface area contributed by atoms with Gasteiger partial charge in [-0.2, -0.15) is 0 Å². The molecule has 0 aromatic carbocycles. The van der Waals surface area contributed by atoms with E-state index in [-0.39, 0.29) is 0 Å². The number of pyridine rings is 1. The Hall–Kier alpha value is -1.51. The van der Waals surface area contributed by atoms with Crippen molar-refractivity contribution in [3.8, 4) is 5.88 Å². The molecule has 0 bridgehead atoms. The molecular formula is C9H8N2O. The summed E-state index contributed by atoms with van der Waals surface area (Å²) in [5.74, 6) is 0.808. The number of hydrogen-bond donors (Lipinski definition) is 1. The first kappa shape index (κ1) is 6.06. The molecule has 0 aliphatic carbocycles. The Bertz CT molecular complexity index is 433. The summed E-state index contributed by atoms with van der Waals surface area (Å²) in [7, 11) is 0. The van der Waals surface area contributed by atoms with Crippen molar-refractivity contribution in [3.63, 3.8) is 0 Å². The van der Waals surface area contributed by atoms with E-state index in [1.807, 2.05) is 12.4 Å². The summed E-state index contributed by atoms with van der Waals surface area (Å²) in [5, 5.41) is 1.25. The maximum absolute atomic E-state index is 5.35. The third-order valence-corrected chi connectivity index (χ3v) is 2.26. The second kappa shape index (κ2) is 2.00. The number of ether oxygens (including phenoxy) is 1. The van der Waals surface area contributed by atoms with Gasteiger partial charge in [-0.1, -0.05) is 0 Å². The molecule has 1 aliphatic rings. The van der Waals surface area contributed by atoms with Crippen molar-refractivity contribution in [2.24, 2.45) is 0 Å². The second-order valence-electron chi connectivity index (χ2n) is 2.95. The lowest BCUT2D eigenvalue weighted by molar-refractivity contribution is 0.345. The smallest absolute Gasteiger partial charge is 0.217 e. The van der Waals surface area contributed by atoms with Crippen LogP contribution >= 0.6 is 0 Å². The first-order valence-corrected chi connectivity index (χ1v) is 4.03. The minimum atomic E-state index is 0.770. The van der Waals surface area contributed by atoms with E-state index in [0.717, 1.165) is 24.4 Å². The normalized spacial score (nSPS) is 14.7. The fourth-order valence-corrected chi connectivity index (χ4v) is 1.68. The third kappa shape index (κ3) is 0.630. The Morgan fingerprint density at radius 3 is 3.50 bits per heavy atom. The van der Waals surface area contributed by atoms with Crippen LogP contribution in [-0.4, -0.2) is 16.6 Å². The van der Waals surface area contributed by atoms with Crippen molar-refractivity contribution in [1.29, 1.82) is 0 Å². The predicted molar refractivity (Wildman–Crippen MR) is 45.3 cm³/mol. The summed E-state index contributed by atoms with van der Waals surface area (Å²) in [6.45, 7) is 0.770. The largest absolute Gasteiger partial charge is 0.477 e. The van der Waals surface area contributed by atoms with Crippen molar-refractivity contribution in [2.75, 3.05) is 6.61 Å². The van der Waals surface area contributed by atoms with E-state index in [2.05, 4.69) is 16.0 Å². The van der Waals surface area contributed by atoms with Crippen LogP contribution in [0.15, 0.2) is 18.5 Å². The topological polar surface area (TPSA) is 37.9 Å². The average Bonchev–Trinajstić information content (AvgIpc) is 2.71. The molecule has 1 aliphatic heterocycles. The highest BCUT2D eigenvalue weighted by Gasteiger charge is 2.16. The summed E-state index contributed by atoms with van der Waals surface area (Å²) in [6, 6.07) is 2.07. The SMILES string of the molecule is c1cc2c3c(ncc2[nH]1)OCC3. The fourth-order valence-electron chi connectivity index (χ4n) is 1.68. The zero-order valence-electron chi connectivity index (χ0n) is 6.50. The van der Waals surface area contributed by atoms with Crippen LogP contribution in [0.1, 0.15) is 5.56 Å². The summed E-state index contributed by atoms with van der Waals surface area (Å²) < 4.78 is 5.35. The summed E-state index contributed by atoms with van der Waals surface area (Å²) in [6.07, 6.45) is 4.74. The minimum Gasteiger partial charge on any atom is -0.477 e. The molecule has 0 saturated carbocycles. The van der Waals surface area contributed by atoms with Crippen molar-refractivity contribution in [2.45, 2.75) is 6.42 Å². The van der Waals surface area contributed by atoms with Crippen molar-refractivity contribution in [3.05, 3.63) is 24.0 Å². The van der Waals surface area contributed by atoms with Crippen molar-refractivity contribution >= 4 is 10.9 Å². The molecule has 0 atom stereocenters. The number of fused-ring (bicyclic) bond motifs is 3. The predicted octanol–water partition coefficient (Wildman–Crippen LogP) is 1.50. The number of nitrogens with zero attached hydrogens (tertiary/aromatic N) is 1. The summed E-state index contributed by atoms with van der Waals surface area (Å²) >= 11 is 0. The molecule has 0 saturated heterocycles. The molecule has 12 heavy (non-hydrogen) atoms. The third-order valence-electron chi connectivity index (χ3n) is 2.26. The van der Waals surface area contributed by atoms with Gasteiger partial charge in [-0.15, -0.1) is 0 Å². The van der Waals surface area contributed by atoms with Crippen LogP contribution in [0.3, 0.4) is 0 Å². The second-order valence-corrected chi connectivity index (χ2v) is 2.95. The van der Waals surface area contributed by atoms with Gasteiger partial charge < -0.3 is 9.72 Å². The van der Waals surface area contributed by atoms with Gasteiger partial charge in [0.15, 0.2) is 0 Å². The van der Waals surface area contributed by atoms with Gasteiger partial charge in [0.1, 0.15) is 0 Å². The molecule has 0 spiro atoms. The summed E-state index contributed by atoms with van der Waals surface area (Å²) in [5.41, 5.74) is 2.34. The summed E-state index contributed by atoms with van der Waals surface area (Å²) in [4.78, 5) is 7.34. The Morgan fingerprint density at radius 2 is 2.50 bits per heavy atom. The molecule has 0 amide bonds. The van der Waals surface area contributed by atoms with Crippen LogP contribution in [0.4, 0.5) is 0 Å². The maximum Gasteiger partial charge on any atom is 0.217 e. The van der Waals surface area contributed by atoms with Crippen molar-refractivity contribution < 1.29 is 4.74 Å². The van der Waals surface area contributed by atoms with E-state index < -0.39 is 0 Å². The Morgan fingerprint density at radius 1 is 1.50 bits per heavy atom. The van der Waals surface area contributed by atoms with Crippen LogP contribution in [-0.2, 0) is 6.42 Å². The van der Waals surface area contributed by atoms with E-state index in [1.54, 1.807) is 0 Å². The maximum atomic E-state index is 5.35. The van der Waals surface area contributed by atoms with Gasteiger partial charge in [0.25, 0.3) is 0 Å². The van der Waals surface area contributed by atoms with Crippen LogP contribution < -0.4 is 4.74 Å². The van der Waals surface area contributed by atoms with Gasteiger partial charge in [-0.25, -0.2) is 4.98 Å². The molecule has 3 rings (SSSR count). The number of aromatic amines is 1. The first-order valence-electron chi connectivity index (χ1n) is 4.03. The molecule has 0 radical (unpaired) electrons. The Labute approximate surface area is 69.4 Å². The van der Waals surface area contributed by atoms with Gasteiger partial charge in [-0.3, -0.25) is 0 Å². The van der Waals surface area contributed by atoms with E-state index >= 15 is 0 Å². The Balaban J connectivity index is 2.46. The van der Waals surface area contributed by atoms with Crippen LogP contribution in [0, 0.1) is 0 Å². The van der Waals surface area contributed by atoms with E-state index in [4.69, 9.17) is 4.74 Å². The standard InChI is InChI=1S/C9H8N2O/c1-3-10-8-5-11-9-7(6(1)8)2-4-12-9/h1,3,5,10H,2,4H2. The highest BCUT2D eigenvalue weighted by molar-refractivity contribution is 5.84. The van der Waals surface area contributed by atoms with E-state index in [9.17, 15) is 0 Å². The van der Waals surface area contributed by atoms with E-state index in [0.29, 0.717) is 0 Å². The minimum absolute atomic E-state index is 0.770. The van der Waals surface area contributed by atoms with Gasteiger partial charge >= 0.3 is 0 Å². The number of H-pyrrole nitrogens is 1. The molecule has 0 unspecified atom stereocenters. The number of hydrogen-bond acceptors (Lipinski definition) is 2. The average molecular weight is 160 g/mol. The zero-order chi connectivity index (χ0) is 7.97. The molecule has 0 fully saturated rings. The molecule has 2 aromatic heterocycles. The van der Waals surface area contributed by atoms with Crippen LogP contribution in [0.25, 0.3) is 10.9 Å². The zero-order valence-corrected chi connectivity index (χ0v) is 6.50. The van der Waals surface area contributed by atoms with E-state index in [1.165, 1.54) is 10.9 Å². The van der Waals surface area contributed by atoms with Crippen LogP contribution in [0.5, 0.6) is 5.88 Å². The van der Waals surface area contributed by atoms with Gasteiger partial charge in [0.05, 0.1) is 18.3 Å². The van der Waals surface area contributed by atoms with Crippen molar-refractivity contribution in [1.82, 2.24) is 9.97 Å².